The van der Waals surface area contributed by atoms with Crippen molar-refractivity contribution < 1.29 is 4.39 Å². The Labute approximate surface area is 204 Å². The fraction of sp³-hybridized carbons (Fsp3) is 0.484. The van der Waals surface area contributed by atoms with Crippen LogP contribution < -0.4 is 0 Å². The van der Waals surface area contributed by atoms with Crippen LogP contribution in [-0.2, 0) is 19.3 Å². The second kappa shape index (κ2) is 12.0. The Morgan fingerprint density at radius 2 is 1.45 bits per heavy atom. The van der Waals surface area contributed by atoms with Crippen LogP contribution in [0.5, 0.6) is 0 Å². The first-order chi connectivity index (χ1) is 16.1. The van der Waals surface area contributed by atoms with E-state index in [2.05, 4.69) is 25.1 Å². The van der Waals surface area contributed by atoms with Crippen LogP contribution in [0.4, 0.5) is 4.39 Å². The molecule has 0 unspecified atom stereocenters. The third kappa shape index (κ3) is 6.82. The Kier molecular flexibility index (Phi) is 8.84. The Hall–Kier alpha value is -1.86. The summed E-state index contributed by atoms with van der Waals surface area (Å²) >= 11 is 5.97. The molecule has 0 spiro atoms. The number of unbranched alkanes of at least 4 members (excludes halogenated alkanes) is 2. The number of aryl methyl sites for hydroxylation is 3. The zero-order valence-electron chi connectivity index (χ0n) is 20.1. The maximum Gasteiger partial charge on any atom is 0.134 e. The van der Waals surface area contributed by atoms with Crippen molar-refractivity contribution in [3.05, 3.63) is 82.1 Å². The molecule has 1 aliphatic rings. The Bertz CT molecular complexity index is 1020. The Morgan fingerprint density at radius 1 is 0.758 bits per heavy atom. The van der Waals surface area contributed by atoms with Crippen molar-refractivity contribution >= 4 is 22.4 Å². The lowest BCUT2D eigenvalue weighted by molar-refractivity contribution is 0.249. The van der Waals surface area contributed by atoms with E-state index in [-0.39, 0.29) is 5.82 Å². The molecule has 1 saturated carbocycles. The van der Waals surface area contributed by atoms with E-state index in [0.29, 0.717) is 6.42 Å². The lowest BCUT2D eigenvalue weighted by atomic mass is 9.77. The molecule has 33 heavy (non-hydrogen) atoms. The molecule has 3 aromatic rings. The summed E-state index contributed by atoms with van der Waals surface area (Å²) in [6.07, 6.45) is 15.1. The van der Waals surface area contributed by atoms with Gasteiger partial charge < -0.3 is 0 Å². The maximum atomic E-state index is 15.2. The fourth-order valence-corrected chi connectivity index (χ4v) is 5.65. The highest BCUT2D eigenvalue weighted by Crippen LogP contribution is 2.34. The molecule has 0 amide bonds. The molecule has 0 radical (unpaired) electrons. The number of halogens is 2. The minimum Gasteiger partial charge on any atom is -0.206 e. The summed E-state index contributed by atoms with van der Waals surface area (Å²) in [6.45, 7) is 2.29. The average molecular weight is 465 g/mol. The predicted octanol–water partition coefficient (Wildman–Crippen LogP) is 9.74. The van der Waals surface area contributed by atoms with Gasteiger partial charge in [-0.1, -0.05) is 112 Å². The number of fused-ring (bicyclic) bond motifs is 1. The molecule has 0 atom stereocenters. The van der Waals surface area contributed by atoms with E-state index in [1.54, 1.807) is 0 Å². The van der Waals surface area contributed by atoms with Crippen LogP contribution in [-0.4, -0.2) is 0 Å². The van der Waals surface area contributed by atoms with E-state index in [0.717, 1.165) is 46.0 Å². The quantitative estimate of drug-likeness (QED) is 0.262. The zero-order chi connectivity index (χ0) is 23.0. The summed E-state index contributed by atoms with van der Waals surface area (Å²) < 4.78 is 15.2. The van der Waals surface area contributed by atoms with Crippen molar-refractivity contribution in [1.29, 1.82) is 0 Å². The molecule has 0 saturated heterocycles. The summed E-state index contributed by atoms with van der Waals surface area (Å²) in [7, 11) is 0. The summed E-state index contributed by atoms with van der Waals surface area (Å²) in [6, 6.07) is 18.2. The molecule has 0 heterocycles. The number of benzene rings is 3. The molecule has 1 aliphatic carbocycles. The van der Waals surface area contributed by atoms with Crippen molar-refractivity contribution in [2.75, 3.05) is 0 Å². The van der Waals surface area contributed by atoms with Crippen LogP contribution in [0.1, 0.15) is 81.4 Å². The first kappa shape index (κ1) is 24.3. The molecule has 1 fully saturated rings. The van der Waals surface area contributed by atoms with E-state index in [1.807, 2.05) is 36.4 Å². The van der Waals surface area contributed by atoms with Gasteiger partial charge in [0.15, 0.2) is 0 Å². The molecule has 0 aliphatic heterocycles. The van der Waals surface area contributed by atoms with Gasteiger partial charge in [-0.25, -0.2) is 4.39 Å². The molecule has 0 N–H and O–H groups in total. The lowest BCUT2D eigenvalue weighted by Gasteiger charge is -2.28. The van der Waals surface area contributed by atoms with Crippen molar-refractivity contribution in [3.8, 4) is 0 Å². The molecule has 4 rings (SSSR count). The highest BCUT2D eigenvalue weighted by atomic mass is 35.5. The topological polar surface area (TPSA) is 0 Å². The van der Waals surface area contributed by atoms with Gasteiger partial charge in [-0.2, -0.15) is 0 Å². The molecular formula is C31H38ClF. The molecule has 0 aromatic heterocycles. The predicted molar refractivity (Wildman–Crippen MR) is 141 cm³/mol. The molecule has 176 valence electrons. The molecule has 0 nitrogen and oxygen atoms in total. The van der Waals surface area contributed by atoms with Crippen molar-refractivity contribution in [2.45, 2.75) is 84.0 Å². The summed E-state index contributed by atoms with van der Waals surface area (Å²) in [4.78, 5) is 0. The third-order valence-electron chi connectivity index (χ3n) is 7.72. The van der Waals surface area contributed by atoms with Crippen molar-refractivity contribution in [3.63, 3.8) is 0 Å². The second-order valence-electron chi connectivity index (χ2n) is 10.1. The minimum atomic E-state index is -0.0607. The second-order valence-corrected chi connectivity index (χ2v) is 10.6. The van der Waals surface area contributed by atoms with Crippen LogP contribution in [0.3, 0.4) is 0 Å². The van der Waals surface area contributed by atoms with Gasteiger partial charge in [-0.3, -0.25) is 0 Å². The highest BCUT2D eigenvalue weighted by Gasteiger charge is 2.20. The first-order valence-corrected chi connectivity index (χ1v) is 13.4. The number of hydrogen-bond donors (Lipinski definition) is 0. The first-order valence-electron chi connectivity index (χ1n) is 13.1. The van der Waals surface area contributed by atoms with Gasteiger partial charge in [0.1, 0.15) is 5.82 Å². The molecule has 0 bridgehead atoms. The van der Waals surface area contributed by atoms with Gasteiger partial charge in [-0.15, -0.1) is 0 Å². The normalized spacial score (nSPS) is 18.6. The van der Waals surface area contributed by atoms with Crippen LogP contribution >= 0.6 is 11.6 Å². The monoisotopic (exact) mass is 464 g/mol. The van der Waals surface area contributed by atoms with Gasteiger partial charge in [0.05, 0.1) is 0 Å². The van der Waals surface area contributed by atoms with E-state index in [1.165, 1.54) is 68.9 Å². The van der Waals surface area contributed by atoms with Crippen molar-refractivity contribution in [2.24, 2.45) is 11.8 Å². The van der Waals surface area contributed by atoms with Crippen LogP contribution in [0.15, 0.2) is 54.6 Å². The fourth-order valence-electron chi connectivity index (χ4n) is 5.53. The van der Waals surface area contributed by atoms with Gasteiger partial charge >= 0.3 is 0 Å². The number of rotatable bonds is 10. The average Bonchev–Trinajstić information content (AvgIpc) is 2.84. The van der Waals surface area contributed by atoms with Gasteiger partial charge in [-0.05, 0) is 71.7 Å². The highest BCUT2D eigenvalue weighted by molar-refractivity contribution is 6.30. The summed E-state index contributed by atoms with van der Waals surface area (Å²) in [5.74, 6) is 1.79. The smallest absolute Gasteiger partial charge is 0.134 e. The maximum absolute atomic E-state index is 15.2. The van der Waals surface area contributed by atoms with E-state index in [4.69, 9.17) is 11.6 Å². The van der Waals surface area contributed by atoms with Crippen LogP contribution in [0.25, 0.3) is 10.8 Å². The number of hydrogen-bond acceptors (Lipinski definition) is 0. The Balaban J connectivity index is 1.30. The van der Waals surface area contributed by atoms with E-state index in [9.17, 15) is 0 Å². The lowest BCUT2D eigenvalue weighted by Crippen LogP contribution is -2.15. The summed E-state index contributed by atoms with van der Waals surface area (Å²) in [5, 5.41) is 2.52. The SMILES string of the molecule is CCCCCC1CCC(CCc2ccc3c(F)c(CCc4ccc(Cl)cc4)ccc3c2)CC1. The standard InChI is InChI=1S/C31H38ClF/c1-2-3-4-5-23-6-8-24(9-7-23)10-11-26-15-21-30-28(22-26)18-17-27(31(30)33)16-12-25-13-19-29(32)20-14-25/h13-15,17-24H,2-12,16H2,1H3. The van der Waals surface area contributed by atoms with Crippen molar-refractivity contribution in [1.82, 2.24) is 0 Å². The van der Waals surface area contributed by atoms with Gasteiger partial charge in [0, 0.05) is 10.4 Å². The zero-order valence-corrected chi connectivity index (χ0v) is 20.8. The van der Waals surface area contributed by atoms with E-state index < -0.39 is 0 Å². The van der Waals surface area contributed by atoms with E-state index >= 15 is 4.39 Å². The Morgan fingerprint density at radius 3 is 2.18 bits per heavy atom. The van der Waals surface area contributed by atoms with Crippen LogP contribution in [0.2, 0.25) is 5.02 Å². The minimum absolute atomic E-state index is 0.0607. The third-order valence-corrected chi connectivity index (χ3v) is 7.97. The molecule has 3 aromatic carbocycles. The summed E-state index contributed by atoms with van der Waals surface area (Å²) in [5.41, 5.74) is 3.33. The van der Waals surface area contributed by atoms with Gasteiger partial charge in [0.2, 0.25) is 0 Å². The molecule has 2 heteroatoms. The molecular weight excluding hydrogens is 427 g/mol. The van der Waals surface area contributed by atoms with Gasteiger partial charge in [0.25, 0.3) is 0 Å². The largest absolute Gasteiger partial charge is 0.206 e. The van der Waals surface area contributed by atoms with Crippen LogP contribution in [0, 0.1) is 17.7 Å².